The van der Waals surface area contributed by atoms with Crippen molar-refractivity contribution in [2.45, 2.75) is 30.1 Å². The molecule has 3 aromatic carbocycles. The first-order valence-electron chi connectivity index (χ1n) is 9.56. The number of aryl methyl sites for hydroxylation is 1. The Morgan fingerprint density at radius 2 is 1.57 bits per heavy atom. The highest BCUT2D eigenvalue weighted by atomic mass is 79.9. The molecule has 0 aliphatic heterocycles. The van der Waals surface area contributed by atoms with E-state index in [1.807, 2.05) is 31.2 Å². The predicted molar refractivity (Wildman–Crippen MR) is 122 cm³/mol. The maximum atomic E-state index is 12.9. The molecule has 0 saturated heterocycles. The van der Waals surface area contributed by atoms with Gasteiger partial charge in [0, 0.05) is 15.8 Å². The molecule has 4 rings (SSSR count). The highest BCUT2D eigenvalue weighted by molar-refractivity contribution is 9.10. The Balaban J connectivity index is 1.45. The first kappa shape index (κ1) is 20.6. The molecule has 0 unspecified atom stereocenters. The first-order valence-corrected chi connectivity index (χ1v) is 11.8. The predicted octanol–water partition coefficient (Wildman–Crippen LogP) is 5.23. The Morgan fingerprint density at radius 3 is 2.17 bits per heavy atom. The molecule has 0 atom stereocenters. The third-order valence-electron chi connectivity index (χ3n) is 5.29. The number of hydrogen-bond donors (Lipinski definition) is 2. The quantitative estimate of drug-likeness (QED) is 0.502. The molecular formula is C23H21BrN2O3S. The summed E-state index contributed by atoms with van der Waals surface area (Å²) in [7, 11) is -3.66. The summed E-state index contributed by atoms with van der Waals surface area (Å²) in [5, 5.41) is 2.96. The van der Waals surface area contributed by atoms with E-state index in [4.69, 9.17) is 0 Å². The van der Waals surface area contributed by atoms with Crippen molar-refractivity contribution in [1.29, 1.82) is 0 Å². The number of rotatable bonds is 6. The van der Waals surface area contributed by atoms with E-state index in [0.717, 1.165) is 28.4 Å². The van der Waals surface area contributed by atoms with Crippen molar-refractivity contribution in [1.82, 2.24) is 0 Å². The maximum absolute atomic E-state index is 12.9. The summed E-state index contributed by atoms with van der Waals surface area (Å²) < 4.78 is 28.5. The number of amides is 1. The molecule has 0 bridgehead atoms. The third kappa shape index (κ3) is 4.27. The lowest BCUT2D eigenvalue weighted by atomic mass is 9.95. The molecule has 0 spiro atoms. The van der Waals surface area contributed by atoms with Gasteiger partial charge in [-0.25, -0.2) is 8.42 Å². The minimum absolute atomic E-state index is 0.0476. The molecule has 1 saturated carbocycles. The molecule has 0 heterocycles. The van der Waals surface area contributed by atoms with E-state index in [-0.39, 0.29) is 10.8 Å². The zero-order chi connectivity index (χ0) is 21.4. The summed E-state index contributed by atoms with van der Waals surface area (Å²) in [6, 6.07) is 21.2. The van der Waals surface area contributed by atoms with Gasteiger partial charge in [0.2, 0.25) is 5.91 Å². The molecule has 5 nitrogen and oxygen atoms in total. The van der Waals surface area contributed by atoms with Crippen molar-refractivity contribution < 1.29 is 13.2 Å². The van der Waals surface area contributed by atoms with Gasteiger partial charge < -0.3 is 5.32 Å². The molecule has 1 fully saturated rings. The first-order chi connectivity index (χ1) is 14.3. The molecule has 3 aromatic rings. The Morgan fingerprint density at radius 1 is 0.933 bits per heavy atom. The van der Waals surface area contributed by atoms with Crippen LogP contribution in [0.3, 0.4) is 0 Å². The SMILES string of the molecule is Cc1ccc(S(=O)(=O)Nc2ccc(NC(=O)C3(c4cccc(Br)c4)CC3)cc2)cc1. The van der Waals surface area contributed by atoms with Gasteiger partial charge in [0.1, 0.15) is 0 Å². The second-order valence-electron chi connectivity index (χ2n) is 7.54. The summed E-state index contributed by atoms with van der Waals surface area (Å²) in [5.41, 5.74) is 2.55. The van der Waals surface area contributed by atoms with Gasteiger partial charge in [-0.15, -0.1) is 0 Å². The fourth-order valence-electron chi connectivity index (χ4n) is 3.36. The number of anilines is 2. The molecule has 2 N–H and O–H groups in total. The molecular weight excluding hydrogens is 464 g/mol. The fourth-order valence-corrected chi connectivity index (χ4v) is 4.82. The van der Waals surface area contributed by atoms with E-state index in [1.165, 1.54) is 0 Å². The molecule has 1 aliphatic carbocycles. The van der Waals surface area contributed by atoms with Crippen molar-refractivity contribution in [2.75, 3.05) is 10.0 Å². The van der Waals surface area contributed by atoms with Crippen molar-refractivity contribution in [3.8, 4) is 0 Å². The minimum Gasteiger partial charge on any atom is -0.325 e. The van der Waals surface area contributed by atoms with Crippen LogP contribution in [0.1, 0.15) is 24.0 Å². The standard InChI is InChI=1S/C23H21BrN2O3S/c1-16-5-11-21(12-6-16)30(28,29)26-20-9-7-19(8-10-20)25-22(27)23(13-14-23)17-3-2-4-18(24)15-17/h2-12,15,26H,13-14H2,1H3,(H,25,27). The second-order valence-corrected chi connectivity index (χ2v) is 10.1. The zero-order valence-electron chi connectivity index (χ0n) is 16.4. The van der Waals surface area contributed by atoms with Crippen LogP contribution in [0.5, 0.6) is 0 Å². The van der Waals surface area contributed by atoms with Crippen LogP contribution >= 0.6 is 15.9 Å². The average Bonchev–Trinajstić information content (AvgIpc) is 3.52. The van der Waals surface area contributed by atoms with Gasteiger partial charge in [-0.3, -0.25) is 9.52 Å². The van der Waals surface area contributed by atoms with Crippen molar-refractivity contribution in [3.63, 3.8) is 0 Å². The minimum atomic E-state index is -3.66. The van der Waals surface area contributed by atoms with Gasteiger partial charge in [-0.2, -0.15) is 0 Å². The highest BCUT2D eigenvalue weighted by Gasteiger charge is 2.51. The summed E-state index contributed by atoms with van der Waals surface area (Å²) in [6.45, 7) is 1.90. The summed E-state index contributed by atoms with van der Waals surface area (Å²) in [6.07, 6.45) is 1.62. The maximum Gasteiger partial charge on any atom is 0.261 e. The van der Waals surface area contributed by atoms with Gasteiger partial charge in [-0.1, -0.05) is 45.8 Å². The lowest BCUT2D eigenvalue weighted by Crippen LogP contribution is -2.27. The van der Waals surface area contributed by atoms with Crippen LogP contribution in [0.25, 0.3) is 0 Å². The van der Waals surface area contributed by atoms with E-state index in [1.54, 1.807) is 48.5 Å². The number of benzene rings is 3. The topological polar surface area (TPSA) is 75.3 Å². The monoisotopic (exact) mass is 484 g/mol. The van der Waals surface area contributed by atoms with E-state index >= 15 is 0 Å². The number of hydrogen-bond acceptors (Lipinski definition) is 3. The Hall–Kier alpha value is -2.64. The van der Waals surface area contributed by atoms with E-state index in [0.29, 0.717) is 11.4 Å². The van der Waals surface area contributed by atoms with Gasteiger partial charge in [0.15, 0.2) is 0 Å². The number of nitrogens with one attached hydrogen (secondary N) is 2. The van der Waals surface area contributed by atoms with E-state index in [2.05, 4.69) is 26.0 Å². The third-order valence-corrected chi connectivity index (χ3v) is 7.18. The normalized spacial score (nSPS) is 14.7. The largest absolute Gasteiger partial charge is 0.325 e. The lowest BCUT2D eigenvalue weighted by Gasteiger charge is -2.16. The number of carbonyl (C=O) groups excluding carboxylic acids is 1. The fraction of sp³-hybridized carbons (Fsp3) is 0.174. The van der Waals surface area contributed by atoms with E-state index < -0.39 is 15.4 Å². The Labute approximate surface area is 184 Å². The summed E-state index contributed by atoms with van der Waals surface area (Å²) in [4.78, 5) is 13.1. The Bertz CT molecular complexity index is 1190. The van der Waals surface area contributed by atoms with Gasteiger partial charge in [0.05, 0.1) is 10.3 Å². The molecule has 154 valence electrons. The zero-order valence-corrected chi connectivity index (χ0v) is 18.8. The second kappa shape index (κ2) is 7.89. The Kier molecular flexibility index (Phi) is 5.42. The van der Waals surface area contributed by atoms with Gasteiger partial charge in [0.25, 0.3) is 10.0 Å². The van der Waals surface area contributed by atoms with Crippen LogP contribution in [-0.4, -0.2) is 14.3 Å². The van der Waals surface area contributed by atoms with Crippen LogP contribution in [0.2, 0.25) is 0 Å². The smallest absolute Gasteiger partial charge is 0.261 e. The van der Waals surface area contributed by atoms with Gasteiger partial charge in [-0.05, 0) is 73.9 Å². The van der Waals surface area contributed by atoms with Crippen molar-refractivity contribution in [2.24, 2.45) is 0 Å². The molecule has 1 amide bonds. The lowest BCUT2D eigenvalue weighted by molar-refractivity contribution is -0.118. The number of sulfonamides is 1. The molecule has 1 aliphatic rings. The van der Waals surface area contributed by atoms with Crippen LogP contribution in [0.15, 0.2) is 82.2 Å². The van der Waals surface area contributed by atoms with Gasteiger partial charge >= 0.3 is 0 Å². The molecule has 0 radical (unpaired) electrons. The van der Waals surface area contributed by atoms with Crippen LogP contribution < -0.4 is 10.0 Å². The number of halogens is 1. The van der Waals surface area contributed by atoms with Crippen LogP contribution in [0.4, 0.5) is 11.4 Å². The van der Waals surface area contributed by atoms with E-state index in [9.17, 15) is 13.2 Å². The van der Waals surface area contributed by atoms with Crippen LogP contribution in [-0.2, 0) is 20.2 Å². The molecule has 0 aromatic heterocycles. The number of carbonyl (C=O) groups is 1. The molecule has 7 heteroatoms. The van der Waals surface area contributed by atoms with Crippen LogP contribution in [0, 0.1) is 6.92 Å². The summed E-state index contributed by atoms with van der Waals surface area (Å²) in [5.74, 6) is -0.0476. The van der Waals surface area contributed by atoms with Crippen molar-refractivity contribution >= 4 is 43.2 Å². The highest BCUT2D eigenvalue weighted by Crippen LogP contribution is 2.49. The average molecular weight is 485 g/mol. The van der Waals surface area contributed by atoms with Crippen molar-refractivity contribution in [3.05, 3.63) is 88.4 Å². The summed E-state index contributed by atoms with van der Waals surface area (Å²) >= 11 is 3.46. The molecule has 30 heavy (non-hydrogen) atoms.